The summed E-state index contributed by atoms with van der Waals surface area (Å²) in [6.45, 7) is 1.79. The third-order valence-electron chi connectivity index (χ3n) is 2.27. The van der Waals surface area contributed by atoms with Crippen LogP contribution in [0.2, 0.25) is 0 Å². The van der Waals surface area contributed by atoms with Gasteiger partial charge in [0.2, 0.25) is 0 Å². The van der Waals surface area contributed by atoms with Gasteiger partial charge in [-0.1, -0.05) is 6.07 Å². The van der Waals surface area contributed by atoms with Gasteiger partial charge in [-0.25, -0.2) is 4.39 Å². The molecule has 0 atom stereocenters. The molecule has 0 aliphatic rings. The SMILES string of the molecule is Cc1ccc(NC(=O)c2cc(Br)c[nH]2)c(F)c1. The first kappa shape index (κ1) is 11.9. The average molecular weight is 297 g/mol. The fourth-order valence-electron chi connectivity index (χ4n) is 1.41. The van der Waals surface area contributed by atoms with Crippen LogP contribution in [0.3, 0.4) is 0 Å². The fourth-order valence-corrected chi connectivity index (χ4v) is 1.75. The molecule has 0 fully saturated rings. The molecule has 1 heterocycles. The molecule has 0 spiro atoms. The van der Waals surface area contributed by atoms with Gasteiger partial charge < -0.3 is 10.3 Å². The number of aromatic nitrogens is 1. The second-order valence-corrected chi connectivity index (χ2v) is 4.58. The first-order valence-corrected chi connectivity index (χ1v) is 5.77. The Hall–Kier alpha value is -1.62. The molecule has 2 N–H and O–H groups in total. The van der Waals surface area contributed by atoms with Crippen LogP contribution in [0.4, 0.5) is 10.1 Å². The zero-order valence-corrected chi connectivity index (χ0v) is 10.6. The maximum absolute atomic E-state index is 13.5. The summed E-state index contributed by atoms with van der Waals surface area (Å²) in [7, 11) is 0. The number of nitrogens with one attached hydrogen (secondary N) is 2. The summed E-state index contributed by atoms with van der Waals surface area (Å²) in [5.41, 5.74) is 1.35. The molecular weight excluding hydrogens is 287 g/mol. The van der Waals surface area contributed by atoms with Crippen LogP contribution < -0.4 is 5.32 Å². The summed E-state index contributed by atoms with van der Waals surface area (Å²) >= 11 is 3.22. The zero-order valence-electron chi connectivity index (χ0n) is 9.05. The minimum absolute atomic E-state index is 0.173. The number of rotatable bonds is 2. The number of amides is 1. The molecule has 17 heavy (non-hydrogen) atoms. The van der Waals surface area contributed by atoms with Crippen LogP contribution in [0.15, 0.2) is 34.9 Å². The minimum Gasteiger partial charge on any atom is -0.356 e. The number of halogens is 2. The van der Waals surface area contributed by atoms with Crippen molar-refractivity contribution in [3.05, 3.63) is 52.0 Å². The van der Waals surface area contributed by atoms with Crippen molar-refractivity contribution in [2.24, 2.45) is 0 Å². The Morgan fingerprint density at radius 2 is 2.18 bits per heavy atom. The Kier molecular flexibility index (Phi) is 3.28. The number of H-pyrrole nitrogens is 1. The molecule has 0 saturated heterocycles. The van der Waals surface area contributed by atoms with Crippen LogP contribution in [0.25, 0.3) is 0 Å². The highest BCUT2D eigenvalue weighted by atomic mass is 79.9. The molecule has 0 radical (unpaired) electrons. The van der Waals surface area contributed by atoms with Crippen molar-refractivity contribution in [3.63, 3.8) is 0 Å². The standard InChI is InChI=1S/C12H10BrFN2O/c1-7-2-3-10(9(14)4-7)16-12(17)11-5-8(13)6-15-11/h2-6,15H,1H3,(H,16,17). The van der Waals surface area contributed by atoms with Crippen molar-refractivity contribution in [1.29, 1.82) is 0 Å². The van der Waals surface area contributed by atoms with Crippen molar-refractivity contribution in [3.8, 4) is 0 Å². The number of aryl methyl sites for hydroxylation is 1. The minimum atomic E-state index is -0.441. The van der Waals surface area contributed by atoms with Crippen LogP contribution in [0.5, 0.6) is 0 Å². The summed E-state index contributed by atoms with van der Waals surface area (Å²) < 4.78 is 14.3. The van der Waals surface area contributed by atoms with E-state index in [0.717, 1.165) is 10.0 Å². The summed E-state index contributed by atoms with van der Waals surface area (Å²) in [5.74, 6) is -0.817. The van der Waals surface area contributed by atoms with E-state index in [-0.39, 0.29) is 11.6 Å². The molecule has 0 unspecified atom stereocenters. The van der Waals surface area contributed by atoms with E-state index in [2.05, 4.69) is 26.2 Å². The van der Waals surface area contributed by atoms with E-state index >= 15 is 0 Å². The molecular formula is C12H10BrFN2O. The predicted molar refractivity (Wildman–Crippen MR) is 67.6 cm³/mol. The van der Waals surface area contributed by atoms with Crippen LogP contribution >= 0.6 is 15.9 Å². The molecule has 2 rings (SSSR count). The number of carbonyl (C=O) groups excluding carboxylic acids is 1. The molecule has 5 heteroatoms. The van der Waals surface area contributed by atoms with Crippen LogP contribution in [-0.2, 0) is 0 Å². The largest absolute Gasteiger partial charge is 0.356 e. The highest BCUT2D eigenvalue weighted by Gasteiger charge is 2.10. The Balaban J connectivity index is 2.18. The molecule has 0 bridgehead atoms. The lowest BCUT2D eigenvalue weighted by Gasteiger charge is -2.05. The van der Waals surface area contributed by atoms with Gasteiger partial charge in [0.15, 0.2) is 0 Å². The molecule has 0 aliphatic carbocycles. The lowest BCUT2D eigenvalue weighted by atomic mass is 10.2. The van der Waals surface area contributed by atoms with Gasteiger partial charge in [0, 0.05) is 10.7 Å². The number of hydrogen-bond acceptors (Lipinski definition) is 1. The van der Waals surface area contributed by atoms with E-state index in [0.29, 0.717) is 5.69 Å². The molecule has 1 aromatic heterocycles. The quantitative estimate of drug-likeness (QED) is 0.876. The highest BCUT2D eigenvalue weighted by molar-refractivity contribution is 9.10. The van der Waals surface area contributed by atoms with Gasteiger partial charge in [0.1, 0.15) is 11.5 Å². The van der Waals surface area contributed by atoms with Gasteiger partial charge in [-0.3, -0.25) is 4.79 Å². The molecule has 2 aromatic rings. The fraction of sp³-hybridized carbons (Fsp3) is 0.0833. The molecule has 3 nitrogen and oxygen atoms in total. The molecule has 88 valence electrons. The van der Waals surface area contributed by atoms with Crippen molar-refractivity contribution in [2.75, 3.05) is 5.32 Å². The van der Waals surface area contributed by atoms with Crippen molar-refractivity contribution in [1.82, 2.24) is 4.98 Å². The monoisotopic (exact) mass is 296 g/mol. The summed E-state index contributed by atoms with van der Waals surface area (Å²) in [6, 6.07) is 6.28. The molecule has 0 aliphatic heterocycles. The number of hydrogen-bond donors (Lipinski definition) is 2. The topological polar surface area (TPSA) is 44.9 Å². The molecule has 1 amide bonds. The lowest BCUT2D eigenvalue weighted by Crippen LogP contribution is -2.13. The average Bonchev–Trinajstić information content (AvgIpc) is 2.69. The number of carbonyl (C=O) groups is 1. The Morgan fingerprint density at radius 3 is 2.76 bits per heavy atom. The van der Waals surface area contributed by atoms with E-state index in [1.807, 2.05) is 0 Å². The van der Waals surface area contributed by atoms with Crippen molar-refractivity contribution >= 4 is 27.5 Å². The maximum atomic E-state index is 13.5. The third-order valence-corrected chi connectivity index (χ3v) is 2.72. The van der Waals surface area contributed by atoms with Crippen molar-refractivity contribution < 1.29 is 9.18 Å². The van der Waals surface area contributed by atoms with Gasteiger partial charge in [0.25, 0.3) is 5.91 Å². The summed E-state index contributed by atoms with van der Waals surface area (Å²) in [6.07, 6.45) is 1.64. The van der Waals surface area contributed by atoms with Gasteiger partial charge in [-0.15, -0.1) is 0 Å². The second-order valence-electron chi connectivity index (χ2n) is 3.67. The Bertz CT molecular complexity index is 565. The van der Waals surface area contributed by atoms with E-state index in [4.69, 9.17) is 0 Å². The van der Waals surface area contributed by atoms with Gasteiger partial charge >= 0.3 is 0 Å². The summed E-state index contributed by atoms with van der Waals surface area (Å²) in [5, 5.41) is 2.50. The lowest BCUT2D eigenvalue weighted by molar-refractivity contribution is 0.102. The van der Waals surface area contributed by atoms with E-state index in [9.17, 15) is 9.18 Å². The van der Waals surface area contributed by atoms with Crippen LogP contribution in [0.1, 0.15) is 16.1 Å². The van der Waals surface area contributed by atoms with Gasteiger partial charge in [-0.2, -0.15) is 0 Å². The Labute approximate surface area is 106 Å². The van der Waals surface area contributed by atoms with E-state index < -0.39 is 5.82 Å². The molecule has 0 saturated carbocycles. The first-order valence-electron chi connectivity index (χ1n) is 4.97. The van der Waals surface area contributed by atoms with E-state index in [1.165, 1.54) is 6.07 Å². The first-order chi connectivity index (χ1) is 8.06. The van der Waals surface area contributed by atoms with Crippen molar-refractivity contribution in [2.45, 2.75) is 6.92 Å². The maximum Gasteiger partial charge on any atom is 0.272 e. The van der Waals surface area contributed by atoms with E-state index in [1.54, 1.807) is 31.3 Å². The number of aromatic amines is 1. The predicted octanol–water partition coefficient (Wildman–Crippen LogP) is 3.48. The number of anilines is 1. The normalized spacial score (nSPS) is 10.3. The highest BCUT2D eigenvalue weighted by Crippen LogP contribution is 2.17. The van der Waals surface area contributed by atoms with Gasteiger partial charge in [0.05, 0.1) is 5.69 Å². The Morgan fingerprint density at radius 1 is 1.41 bits per heavy atom. The summed E-state index contributed by atoms with van der Waals surface area (Å²) in [4.78, 5) is 14.5. The third kappa shape index (κ3) is 2.74. The van der Waals surface area contributed by atoms with Crippen LogP contribution in [0, 0.1) is 12.7 Å². The second kappa shape index (κ2) is 4.71. The smallest absolute Gasteiger partial charge is 0.272 e. The number of benzene rings is 1. The molecule has 1 aromatic carbocycles. The zero-order chi connectivity index (χ0) is 12.4. The van der Waals surface area contributed by atoms with Crippen LogP contribution in [-0.4, -0.2) is 10.9 Å². The van der Waals surface area contributed by atoms with Gasteiger partial charge in [-0.05, 0) is 46.6 Å².